The van der Waals surface area contributed by atoms with Crippen molar-refractivity contribution in [1.29, 1.82) is 0 Å². The Bertz CT molecular complexity index is 1740. The highest BCUT2D eigenvalue weighted by molar-refractivity contribution is 6.05. The molecule has 2 aromatic heterocycles. The van der Waals surface area contributed by atoms with Crippen LogP contribution < -0.4 is 20.3 Å². The molecule has 4 heterocycles. The Morgan fingerprint density at radius 3 is 2.35 bits per heavy atom. The minimum Gasteiger partial charge on any atom is -0.474 e. The number of halogens is 1. The third-order valence-corrected chi connectivity index (χ3v) is 7.58. The number of benzene rings is 1. The Kier molecular flexibility index (Phi) is 9.67. The monoisotopic (exact) mass is 667 g/mol. The largest absolute Gasteiger partial charge is 0.474 e. The van der Waals surface area contributed by atoms with Gasteiger partial charge in [-0.2, -0.15) is 0 Å². The van der Waals surface area contributed by atoms with Gasteiger partial charge in [0.2, 0.25) is 5.88 Å². The summed E-state index contributed by atoms with van der Waals surface area (Å²) < 4.78 is 44.5. The molecular weight excluding hydrogens is 625 g/mol. The molecule has 0 radical (unpaired) electrons. The number of carbonyl (C=O) groups excluding carboxylic acids is 3. The average Bonchev–Trinajstić information content (AvgIpc) is 3.39. The van der Waals surface area contributed by atoms with Gasteiger partial charge in [-0.15, -0.1) is 0 Å². The molecule has 3 amide bonds. The topological polar surface area (TPSA) is 150 Å². The molecule has 2 atom stereocenters. The number of hydrogen-bond acceptors (Lipinski definition) is 10. The summed E-state index contributed by atoms with van der Waals surface area (Å²) in [5.74, 6) is -0.370. The van der Waals surface area contributed by atoms with E-state index >= 15 is 4.39 Å². The first-order valence-electron chi connectivity index (χ1n) is 15.9. The molecule has 3 aromatic rings. The normalized spacial score (nSPS) is 17.7. The molecule has 0 spiro atoms. The highest BCUT2D eigenvalue weighted by Crippen LogP contribution is 2.43. The molecule has 1 fully saturated rings. The molecule has 1 saturated heterocycles. The predicted octanol–water partition coefficient (Wildman–Crippen LogP) is 7.06. The van der Waals surface area contributed by atoms with E-state index in [4.69, 9.17) is 23.7 Å². The molecule has 14 heteroatoms. The van der Waals surface area contributed by atoms with E-state index in [9.17, 15) is 14.4 Å². The summed E-state index contributed by atoms with van der Waals surface area (Å²) in [6.07, 6.45) is 0.613. The van der Waals surface area contributed by atoms with Crippen molar-refractivity contribution in [3.8, 4) is 17.0 Å². The summed E-state index contributed by atoms with van der Waals surface area (Å²) in [5, 5.41) is 5.86. The van der Waals surface area contributed by atoms with Gasteiger partial charge >= 0.3 is 18.3 Å². The summed E-state index contributed by atoms with van der Waals surface area (Å²) in [6, 6.07) is 3.11. The maximum absolute atomic E-state index is 16.7. The van der Waals surface area contributed by atoms with Gasteiger partial charge in [0.05, 0.1) is 25.4 Å². The minimum atomic E-state index is -0.873. The first-order valence-corrected chi connectivity index (χ1v) is 15.9. The van der Waals surface area contributed by atoms with Crippen LogP contribution in [0.25, 0.3) is 21.9 Å². The van der Waals surface area contributed by atoms with Crippen molar-refractivity contribution in [2.75, 3.05) is 41.9 Å². The molecule has 2 N–H and O–H groups in total. The van der Waals surface area contributed by atoms with Gasteiger partial charge in [0.25, 0.3) is 0 Å². The summed E-state index contributed by atoms with van der Waals surface area (Å²) in [4.78, 5) is 49.1. The molecular formula is C34H42FN5O8. The molecule has 0 aliphatic carbocycles. The van der Waals surface area contributed by atoms with Crippen molar-refractivity contribution >= 4 is 46.2 Å². The molecule has 48 heavy (non-hydrogen) atoms. The molecule has 0 saturated carbocycles. The number of fused-ring (bicyclic) bond motifs is 2. The van der Waals surface area contributed by atoms with Crippen LogP contribution in [-0.2, 0) is 25.4 Å². The molecule has 258 valence electrons. The maximum Gasteiger partial charge on any atom is 0.415 e. The zero-order valence-electron chi connectivity index (χ0n) is 28.5. The van der Waals surface area contributed by atoms with Gasteiger partial charge in [-0.3, -0.25) is 15.5 Å². The minimum absolute atomic E-state index is 0.0435. The predicted molar refractivity (Wildman–Crippen MR) is 177 cm³/mol. The number of pyridine rings is 2. The summed E-state index contributed by atoms with van der Waals surface area (Å²) in [5.41, 5.74) is -0.397. The fourth-order valence-electron chi connectivity index (χ4n) is 5.46. The Hall–Kier alpha value is -4.72. The van der Waals surface area contributed by atoms with E-state index in [2.05, 4.69) is 20.6 Å². The van der Waals surface area contributed by atoms with Gasteiger partial charge in [0, 0.05) is 34.8 Å². The number of ether oxygens (including phenoxy) is 5. The molecule has 1 aromatic carbocycles. The van der Waals surface area contributed by atoms with Crippen molar-refractivity contribution in [2.24, 2.45) is 5.92 Å². The van der Waals surface area contributed by atoms with E-state index in [0.717, 1.165) is 0 Å². The van der Waals surface area contributed by atoms with E-state index in [1.54, 1.807) is 53.7 Å². The molecule has 13 nitrogen and oxygen atoms in total. The van der Waals surface area contributed by atoms with E-state index in [1.165, 1.54) is 17.3 Å². The number of carbonyl (C=O) groups is 3. The van der Waals surface area contributed by atoms with Gasteiger partial charge in [-0.25, -0.2) is 28.7 Å². The second kappa shape index (κ2) is 13.4. The fraction of sp³-hybridized carbons (Fsp3) is 0.500. The van der Waals surface area contributed by atoms with Gasteiger partial charge in [-0.05, 0) is 71.0 Å². The van der Waals surface area contributed by atoms with E-state index < -0.39 is 41.4 Å². The van der Waals surface area contributed by atoms with E-state index in [0.29, 0.717) is 41.8 Å². The van der Waals surface area contributed by atoms with Crippen molar-refractivity contribution in [2.45, 2.75) is 79.1 Å². The number of nitrogens with one attached hydrogen (secondary N) is 2. The number of anilines is 3. The molecule has 2 aliphatic heterocycles. The highest BCUT2D eigenvalue weighted by Gasteiger charge is 2.33. The Morgan fingerprint density at radius 2 is 1.71 bits per heavy atom. The van der Waals surface area contributed by atoms with Gasteiger partial charge < -0.3 is 23.7 Å². The highest BCUT2D eigenvalue weighted by atomic mass is 19.1. The van der Waals surface area contributed by atoms with Crippen molar-refractivity contribution < 1.29 is 42.5 Å². The van der Waals surface area contributed by atoms with Crippen LogP contribution >= 0.6 is 0 Å². The lowest BCUT2D eigenvalue weighted by atomic mass is 9.94. The SMILES string of the molecule is CCc1c(-c2cc3cc(NC(=O)O[C@H]4COC[C@@H]4C)ncc3c(NC(=O)OC(C)(C)C)c2F)cnc2c1N(C(=O)OC(C)(C)C)CCO2. The molecule has 0 unspecified atom stereocenters. The standard InChI is InChI=1S/C34H42FN5O8/c1-9-20-23(15-37-29-28(20)40(10-11-45-29)32(43)48-34(6,7)8)21-12-19-13-25(38-30(41)46-24-17-44-16-18(24)2)36-14-22(19)27(26(21)35)39-31(42)47-33(3,4)5/h12-15,18,24H,9-11,16-17H2,1-8H3,(H,39,42)(H,36,38,41)/t18-,24-/m0/s1. The second-order valence-corrected chi connectivity index (χ2v) is 13.8. The fourth-order valence-corrected chi connectivity index (χ4v) is 5.46. The number of amides is 3. The van der Waals surface area contributed by atoms with Crippen LogP contribution in [0, 0.1) is 11.7 Å². The maximum atomic E-state index is 16.7. The Balaban J connectivity index is 1.62. The summed E-state index contributed by atoms with van der Waals surface area (Å²) >= 11 is 0. The van der Waals surface area contributed by atoms with Crippen LogP contribution in [0.1, 0.15) is 61.0 Å². The van der Waals surface area contributed by atoms with Crippen LogP contribution in [-0.4, -0.2) is 71.9 Å². The van der Waals surface area contributed by atoms with E-state index in [-0.39, 0.29) is 47.4 Å². The molecule has 5 rings (SSSR count). The Labute approximate surface area is 278 Å². The average molecular weight is 668 g/mol. The van der Waals surface area contributed by atoms with Crippen LogP contribution in [0.15, 0.2) is 24.5 Å². The smallest absolute Gasteiger partial charge is 0.415 e. The summed E-state index contributed by atoms with van der Waals surface area (Å²) in [7, 11) is 0. The van der Waals surface area contributed by atoms with Crippen LogP contribution in [0.5, 0.6) is 5.88 Å². The third-order valence-electron chi connectivity index (χ3n) is 7.58. The first-order chi connectivity index (χ1) is 22.5. The lowest BCUT2D eigenvalue weighted by molar-refractivity contribution is 0.0564. The lowest BCUT2D eigenvalue weighted by Gasteiger charge is -2.33. The van der Waals surface area contributed by atoms with Crippen LogP contribution in [0.4, 0.5) is 36.0 Å². The zero-order valence-corrected chi connectivity index (χ0v) is 28.5. The zero-order chi connectivity index (χ0) is 35.0. The Morgan fingerprint density at radius 1 is 0.979 bits per heavy atom. The summed E-state index contributed by atoms with van der Waals surface area (Å²) in [6.45, 7) is 15.4. The van der Waals surface area contributed by atoms with Crippen molar-refractivity contribution in [3.05, 3.63) is 35.9 Å². The third kappa shape index (κ3) is 7.70. The van der Waals surface area contributed by atoms with Gasteiger partial charge in [0.1, 0.15) is 35.4 Å². The van der Waals surface area contributed by atoms with Crippen LogP contribution in [0.2, 0.25) is 0 Å². The van der Waals surface area contributed by atoms with Gasteiger partial charge in [-0.1, -0.05) is 13.8 Å². The number of rotatable bonds is 5. The van der Waals surface area contributed by atoms with E-state index in [1.807, 2.05) is 13.8 Å². The number of hydrogen-bond donors (Lipinski definition) is 2. The van der Waals surface area contributed by atoms with Crippen molar-refractivity contribution in [3.63, 3.8) is 0 Å². The quantitative estimate of drug-likeness (QED) is 0.271. The van der Waals surface area contributed by atoms with Crippen LogP contribution in [0.3, 0.4) is 0 Å². The van der Waals surface area contributed by atoms with Gasteiger partial charge in [0.15, 0.2) is 5.82 Å². The molecule has 0 bridgehead atoms. The number of nitrogens with zero attached hydrogens (tertiary/aromatic N) is 3. The second-order valence-electron chi connectivity index (χ2n) is 13.8. The van der Waals surface area contributed by atoms with Crippen molar-refractivity contribution in [1.82, 2.24) is 9.97 Å². The number of aromatic nitrogens is 2. The lowest BCUT2D eigenvalue weighted by Crippen LogP contribution is -2.42. The molecule has 2 aliphatic rings. The first kappa shape index (κ1) is 34.6.